The number of rotatable bonds is 16. The molecule has 2 aromatic rings. The van der Waals surface area contributed by atoms with E-state index in [1.165, 1.54) is 18.6 Å². The molecular weight excluding hydrogens is 650 g/mol. The monoisotopic (exact) mass is 703 g/mol. The van der Waals surface area contributed by atoms with Gasteiger partial charge in [0.25, 0.3) is 11.8 Å². The summed E-state index contributed by atoms with van der Waals surface area (Å²) >= 11 is 0. The third-order valence-electron chi connectivity index (χ3n) is 9.90. The highest BCUT2D eigenvalue weighted by Crippen LogP contribution is 2.42. The summed E-state index contributed by atoms with van der Waals surface area (Å²) in [5.41, 5.74) is 1.08. The quantitative estimate of drug-likeness (QED) is 0.193. The fourth-order valence-electron chi connectivity index (χ4n) is 7.26. The lowest BCUT2D eigenvalue weighted by molar-refractivity contribution is -0.145. The second kappa shape index (κ2) is 18.0. The Labute approximate surface area is 300 Å². The number of likely N-dealkylation sites (tertiary alicyclic amines) is 1. The number of carbonyl (C=O) groups excluding carboxylic acids is 6. The van der Waals surface area contributed by atoms with Crippen molar-refractivity contribution in [1.82, 2.24) is 36.1 Å². The maximum atomic E-state index is 14.3. The van der Waals surface area contributed by atoms with E-state index in [0.29, 0.717) is 19.4 Å². The number of benzene rings is 1. The standard InChI is InChI=1S/C38H53N7O6/c1-7-12-28(33(46)37(50)41-24(6)19-25-13-9-8-10-14-25)42-36(49)32-27-16-11-15-26(27)21-45(32)38(51)31(23(4)5)44-35(48)30(22(2)3)43-34(47)29-20-39-17-18-40-29/h8-10,13-14,17-18,20,22-24,26-28,30-32H,7,11-12,15-16,19,21H2,1-6H3,(H,41,50)(H,42,49)(H,43,47)(H,44,48)/t24-,26?,27?,28?,30-,31-,32-/m0/s1. The van der Waals surface area contributed by atoms with Crippen molar-refractivity contribution in [1.29, 1.82) is 0 Å². The van der Waals surface area contributed by atoms with E-state index in [0.717, 1.165) is 24.8 Å². The molecule has 1 aromatic heterocycles. The zero-order valence-electron chi connectivity index (χ0n) is 30.6. The molecule has 2 aliphatic rings. The highest BCUT2D eigenvalue weighted by atomic mass is 16.2. The van der Waals surface area contributed by atoms with Gasteiger partial charge in [-0.05, 0) is 61.8 Å². The number of ketones is 1. The van der Waals surface area contributed by atoms with Gasteiger partial charge in [0.05, 0.1) is 12.2 Å². The van der Waals surface area contributed by atoms with E-state index < -0.39 is 59.5 Å². The van der Waals surface area contributed by atoms with E-state index in [-0.39, 0.29) is 41.8 Å². The second-order valence-electron chi connectivity index (χ2n) is 14.6. The SMILES string of the molecule is CCCC(NC(=O)[C@@H]1C2CCCC2CN1C(=O)[C@@H](NC(=O)[C@@H](NC(=O)c1cnccn1)C(C)C)C(C)C)C(=O)C(=O)N[C@@H](C)Cc1ccccc1. The number of nitrogens with one attached hydrogen (secondary N) is 4. The van der Waals surface area contributed by atoms with Gasteiger partial charge in [0.2, 0.25) is 23.5 Å². The average molecular weight is 704 g/mol. The van der Waals surface area contributed by atoms with Gasteiger partial charge in [0.1, 0.15) is 23.8 Å². The summed E-state index contributed by atoms with van der Waals surface area (Å²) in [7, 11) is 0. The minimum Gasteiger partial charge on any atom is -0.347 e. The van der Waals surface area contributed by atoms with Crippen LogP contribution in [0.2, 0.25) is 0 Å². The van der Waals surface area contributed by atoms with Gasteiger partial charge in [-0.1, -0.05) is 77.8 Å². The molecule has 4 N–H and O–H groups in total. The molecule has 2 fully saturated rings. The zero-order chi connectivity index (χ0) is 37.2. The van der Waals surface area contributed by atoms with Gasteiger partial charge in [0.15, 0.2) is 0 Å². The number of carbonyl (C=O) groups is 6. The first-order valence-electron chi connectivity index (χ1n) is 18.2. The van der Waals surface area contributed by atoms with E-state index in [9.17, 15) is 28.8 Å². The minimum atomic E-state index is -1.05. The molecule has 2 heterocycles. The van der Waals surface area contributed by atoms with E-state index >= 15 is 0 Å². The first-order valence-corrected chi connectivity index (χ1v) is 18.2. The smallest absolute Gasteiger partial charge is 0.289 e. The van der Waals surface area contributed by atoms with Crippen LogP contribution in [0.25, 0.3) is 0 Å². The van der Waals surface area contributed by atoms with Crippen LogP contribution in [-0.4, -0.2) is 86.9 Å². The maximum absolute atomic E-state index is 14.3. The van der Waals surface area contributed by atoms with Gasteiger partial charge in [0, 0.05) is 25.0 Å². The van der Waals surface area contributed by atoms with Crippen molar-refractivity contribution in [2.45, 2.75) is 110 Å². The van der Waals surface area contributed by atoms with Crippen LogP contribution in [0.4, 0.5) is 0 Å². The topological polar surface area (TPSA) is 180 Å². The van der Waals surface area contributed by atoms with E-state index in [4.69, 9.17) is 0 Å². The average Bonchev–Trinajstić information content (AvgIpc) is 3.71. The Morgan fingerprint density at radius 1 is 0.863 bits per heavy atom. The van der Waals surface area contributed by atoms with Crippen molar-refractivity contribution in [2.75, 3.05) is 6.54 Å². The Morgan fingerprint density at radius 3 is 2.20 bits per heavy atom. The van der Waals surface area contributed by atoms with E-state index in [1.807, 2.05) is 58.0 Å². The Bertz CT molecular complexity index is 1540. The van der Waals surface area contributed by atoms with Gasteiger partial charge in [-0.15, -0.1) is 0 Å². The third kappa shape index (κ3) is 9.98. The number of Topliss-reactive ketones (excluding diaryl/α,β-unsaturated/α-hetero) is 1. The van der Waals surface area contributed by atoms with Crippen molar-refractivity contribution in [3.63, 3.8) is 0 Å². The molecule has 5 amide bonds. The third-order valence-corrected chi connectivity index (χ3v) is 9.90. The summed E-state index contributed by atoms with van der Waals surface area (Å²) in [5, 5.41) is 11.2. The van der Waals surface area contributed by atoms with Crippen molar-refractivity contribution in [2.24, 2.45) is 23.7 Å². The predicted octanol–water partition coefficient (Wildman–Crippen LogP) is 2.60. The largest absolute Gasteiger partial charge is 0.347 e. The Kier molecular flexibility index (Phi) is 13.8. The van der Waals surface area contributed by atoms with Crippen LogP contribution in [0.15, 0.2) is 48.9 Å². The fraction of sp³-hybridized carbons (Fsp3) is 0.579. The molecule has 1 saturated heterocycles. The summed E-state index contributed by atoms with van der Waals surface area (Å²) in [6, 6.07) is 5.49. The molecular formula is C38H53N7O6. The van der Waals surface area contributed by atoms with E-state index in [2.05, 4.69) is 31.2 Å². The van der Waals surface area contributed by atoms with Gasteiger partial charge >= 0.3 is 0 Å². The molecule has 3 unspecified atom stereocenters. The molecule has 1 saturated carbocycles. The first kappa shape index (κ1) is 39.1. The Balaban J connectivity index is 1.47. The number of fused-ring (bicyclic) bond motifs is 1. The number of amides is 5. The molecule has 7 atom stereocenters. The molecule has 1 aromatic carbocycles. The summed E-state index contributed by atoms with van der Waals surface area (Å²) in [5.74, 6) is -4.12. The van der Waals surface area contributed by atoms with Crippen molar-refractivity contribution in [3.05, 3.63) is 60.2 Å². The summed E-state index contributed by atoms with van der Waals surface area (Å²) < 4.78 is 0. The lowest BCUT2D eigenvalue weighted by atomic mass is 9.92. The second-order valence-corrected chi connectivity index (χ2v) is 14.6. The van der Waals surface area contributed by atoms with Gasteiger partial charge < -0.3 is 26.2 Å². The van der Waals surface area contributed by atoms with Crippen LogP contribution in [0.3, 0.4) is 0 Å². The van der Waals surface area contributed by atoms with Crippen LogP contribution >= 0.6 is 0 Å². The highest BCUT2D eigenvalue weighted by Gasteiger charge is 2.51. The molecule has 1 aliphatic carbocycles. The lowest BCUT2D eigenvalue weighted by Gasteiger charge is -2.34. The highest BCUT2D eigenvalue weighted by molar-refractivity contribution is 6.38. The van der Waals surface area contributed by atoms with Crippen molar-refractivity contribution in [3.8, 4) is 0 Å². The molecule has 13 nitrogen and oxygen atoms in total. The van der Waals surface area contributed by atoms with Crippen LogP contribution < -0.4 is 21.3 Å². The first-order chi connectivity index (χ1) is 24.3. The molecule has 276 valence electrons. The Morgan fingerprint density at radius 2 is 1.57 bits per heavy atom. The molecule has 13 heteroatoms. The van der Waals surface area contributed by atoms with Gasteiger partial charge in [-0.3, -0.25) is 33.8 Å². The summed E-state index contributed by atoms with van der Waals surface area (Å²) in [6.07, 6.45) is 8.02. The number of nitrogens with zero attached hydrogens (tertiary/aromatic N) is 3. The van der Waals surface area contributed by atoms with Gasteiger partial charge in [-0.25, -0.2) is 4.98 Å². The number of aromatic nitrogens is 2. The molecule has 1 aliphatic heterocycles. The van der Waals surface area contributed by atoms with Crippen LogP contribution in [0, 0.1) is 23.7 Å². The summed E-state index contributed by atoms with van der Waals surface area (Å²) in [4.78, 5) is 90.9. The van der Waals surface area contributed by atoms with Gasteiger partial charge in [-0.2, -0.15) is 0 Å². The maximum Gasteiger partial charge on any atom is 0.289 e. The Hall–Kier alpha value is -4.68. The normalized spacial score (nSPS) is 20.5. The lowest BCUT2D eigenvalue weighted by Crippen LogP contribution is -2.60. The number of hydrogen-bond acceptors (Lipinski definition) is 8. The predicted molar refractivity (Wildman–Crippen MR) is 191 cm³/mol. The van der Waals surface area contributed by atoms with E-state index in [1.54, 1.807) is 18.7 Å². The zero-order valence-corrected chi connectivity index (χ0v) is 30.6. The molecule has 0 spiro atoms. The number of hydrogen-bond donors (Lipinski definition) is 4. The molecule has 51 heavy (non-hydrogen) atoms. The summed E-state index contributed by atoms with van der Waals surface area (Å²) in [6.45, 7) is 11.2. The van der Waals surface area contributed by atoms with Crippen LogP contribution in [0.5, 0.6) is 0 Å². The fourth-order valence-corrected chi connectivity index (χ4v) is 7.26. The molecule has 0 bridgehead atoms. The van der Waals surface area contributed by atoms with Crippen LogP contribution in [0.1, 0.15) is 89.7 Å². The van der Waals surface area contributed by atoms with Crippen molar-refractivity contribution < 1.29 is 28.8 Å². The minimum absolute atomic E-state index is 0.0592. The van der Waals surface area contributed by atoms with Crippen LogP contribution in [-0.2, 0) is 30.4 Å². The van der Waals surface area contributed by atoms with Crippen molar-refractivity contribution >= 4 is 35.3 Å². The molecule has 0 radical (unpaired) electrons. The molecule has 4 rings (SSSR count).